The van der Waals surface area contributed by atoms with Crippen LogP contribution in [0.15, 0.2) is 35.9 Å². The van der Waals surface area contributed by atoms with E-state index in [1.54, 1.807) is 0 Å². The Kier molecular flexibility index (Phi) is 3.90. The summed E-state index contributed by atoms with van der Waals surface area (Å²) in [5, 5.41) is 0. The molecule has 3 rings (SSSR count). The molecule has 2 aliphatic rings. The monoisotopic (exact) mass is 270 g/mol. The van der Waals surface area contributed by atoms with Crippen LogP contribution in [0.4, 0.5) is 0 Å². The van der Waals surface area contributed by atoms with Crippen LogP contribution in [0.2, 0.25) is 0 Å². The maximum Gasteiger partial charge on any atom is 0.159 e. The number of benzene rings is 1. The number of fused-ring (bicyclic) bond motifs is 1. The van der Waals surface area contributed by atoms with Gasteiger partial charge in [0.25, 0.3) is 0 Å². The van der Waals surface area contributed by atoms with Crippen LogP contribution < -0.4 is 4.74 Å². The first-order chi connectivity index (χ1) is 9.74. The van der Waals surface area contributed by atoms with Gasteiger partial charge in [-0.3, -0.25) is 4.79 Å². The van der Waals surface area contributed by atoms with Gasteiger partial charge in [-0.1, -0.05) is 31.2 Å². The van der Waals surface area contributed by atoms with Crippen molar-refractivity contribution in [2.45, 2.75) is 44.9 Å². The second-order valence-corrected chi connectivity index (χ2v) is 6.11. The molecule has 0 N–H and O–H groups in total. The summed E-state index contributed by atoms with van der Waals surface area (Å²) in [7, 11) is 0. The number of hydrogen-bond acceptors (Lipinski definition) is 2. The molecule has 106 valence electrons. The maximum atomic E-state index is 12.5. The van der Waals surface area contributed by atoms with Gasteiger partial charge in [0.05, 0.1) is 6.61 Å². The summed E-state index contributed by atoms with van der Waals surface area (Å²) >= 11 is 0. The Balaban J connectivity index is 1.71. The van der Waals surface area contributed by atoms with E-state index in [9.17, 15) is 4.79 Å². The normalized spacial score (nSPS) is 25.4. The van der Waals surface area contributed by atoms with Crippen LogP contribution in [0, 0.1) is 5.92 Å². The third-order valence-corrected chi connectivity index (χ3v) is 4.55. The van der Waals surface area contributed by atoms with Gasteiger partial charge in [-0.05, 0) is 54.7 Å². The van der Waals surface area contributed by atoms with Gasteiger partial charge in [-0.25, -0.2) is 0 Å². The van der Waals surface area contributed by atoms with Gasteiger partial charge in [0.1, 0.15) is 5.75 Å². The van der Waals surface area contributed by atoms with E-state index in [0.717, 1.165) is 49.5 Å². The average molecular weight is 270 g/mol. The lowest BCUT2D eigenvalue weighted by Gasteiger charge is -2.26. The molecule has 2 unspecified atom stereocenters. The van der Waals surface area contributed by atoms with Gasteiger partial charge in [0.15, 0.2) is 5.78 Å². The van der Waals surface area contributed by atoms with Gasteiger partial charge in [-0.2, -0.15) is 0 Å². The van der Waals surface area contributed by atoms with Gasteiger partial charge < -0.3 is 4.74 Å². The average Bonchev–Trinajstić information content (AvgIpc) is 2.48. The zero-order valence-electron chi connectivity index (χ0n) is 12.1. The predicted molar refractivity (Wildman–Crippen MR) is 80.0 cm³/mol. The fourth-order valence-corrected chi connectivity index (χ4v) is 3.20. The van der Waals surface area contributed by atoms with Crippen LogP contribution in [0.5, 0.6) is 5.75 Å². The zero-order valence-corrected chi connectivity index (χ0v) is 12.1. The number of allylic oxidation sites excluding steroid dienone is 2. The SMILES string of the molecule is CC1CC=C(C(=O)CC2CCOc3ccccc32)CC1. The van der Waals surface area contributed by atoms with E-state index in [1.165, 1.54) is 5.56 Å². The first kappa shape index (κ1) is 13.4. The maximum absolute atomic E-state index is 12.5. The fourth-order valence-electron chi connectivity index (χ4n) is 3.20. The number of carbonyl (C=O) groups is 1. The summed E-state index contributed by atoms with van der Waals surface area (Å²) in [6, 6.07) is 8.14. The molecule has 0 amide bonds. The van der Waals surface area contributed by atoms with Crippen molar-refractivity contribution in [1.29, 1.82) is 0 Å². The number of rotatable bonds is 3. The topological polar surface area (TPSA) is 26.3 Å². The molecule has 0 saturated carbocycles. The number of ether oxygens (including phenoxy) is 1. The van der Waals surface area contributed by atoms with Crippen LogP contribution >= 0.6 is 0 Å². The van der Waals surface area contributed by atoms with Crippen molar-refractivity contribution < 1.29 is 9.53 Å². The summed E-state index contributed by atoms with van der Waals surface area (Å²) < 4.78 is 5.67. The van der Waals surface area contributed by atoms with E-state index < -0.39 is 0 Å². The summed E-state index contributed by atoms with van der Waals surface area (Å²) in [5.41, 5.74) is 2.27. The van der Waals surface area contributed by atoms with Crippen molar-refractivity contribution >= 4 is 5.78 Å². The number of para-hydroxylation sites is 1. The number of ketones is 1. The van der Waals surface area contributed by atoms with Crippen LogP contribution in [0.25, 0.3) is 0 Å². The van der Waals surface area contributed by atoms with Crippen LogP contribution in [-0.4, -0.2) is 12.4 Å². The minimum Gasteiger partial charge on any atom is -0.493 e. The Morgan fingerprint density at radius 1 is 1.30 bits per heavy atom. The van der Waals surface area contributed by atoms with E-state index in [-0.39, 0.29) is 0 Å². The number of hydrogen-bond donors (Lipinski definition) is 0. The molecular formula is C18H22O2. The Labute approximate surface area is 120 Å². The Bertz CT molecular complexity index is 530. The van der Waals surface area contributed by atoms with Gasteiger partial charge in [-0.15, -0.1) is 0 Å². The lowest BCUT2D eigenvalue weighted by molar-refractivity contribution is -0.116. The largest absolute Gasteiger partial charge is 0.493 e. The molecule has 1 aromatic carbocycles. The fraction of sp³-hybridized carbons (Fsp3) is 0.500. The summed E-state index contributed by atoms with van der Waals surface area (Å²) in [4.78, 5) is 12.5. The highest BCUT2D eigenvalue weighted by molar-refractivity contribution is 5.96. The molecule has 1 aliphatic heterocycles. The molecule has 2 nitrogen and oxygen atoms in total. The lowest BCUT2D eigenvalue weighted by Crippen LogP contribution is -2.18. The molecule has 1 aliphatic carbocycles. The predicted octanol–water partition coefficient (Wildman–Crippen LogP) is 4.26. The van der Waals surface area contributed by atoms with Gasteiger partial charge in [0.2, 0.25) is 0 Å². The van der Waals surface area contributed by atoms with Crippen LogP contribution in [0.1, 0.15) is 50.5 Å². The highest BCUT2D eigenvalue weighted by Crippen LogP contribution is 2.36. The summed E-state index contributed by atoms with van der Waals surface area (Å²) in [6.07, 6.45) is 6.94. The van der Waals surface area contributed by atoms with Crippen molar-refractivity contribution in [3.05, 3.63) is 41.5 Å². The third-order valence-electron chi connectivity index (χ3n) is 4.55. The van der Waals surface area contributed by atoms with E-state index in [4.69, 9.17) is 4.74 Å². The Morgan fingerprint density at radius 3 is 2.95 bits per heavy atom. The van der Waals surface area contributed by atoms with Gasteiger partial charge in [0, 0.05) is 6.42 Å². The standard InChI is InChI=1S/C18H22O2/c1-13-6-8-14(9-7-13)17(19)12-15-10-11-20-18-5-3-2-4-16(15)18/h2-5,8,13,15H,6-7,9-12H2,1H3. The number of Topliss-reactive ketones (excluding diaryl/α,β-unsaturated/α-hetero) is 1. The zero-order chi connectivity index (χ0) is 13.9. The minimum atomic E-state index is 0.327. The van der Waals surface area contributed by atoms with Crippen molar-refractivity contribution in [2.75, 3.05) is 6.61 Å². The first-order valence-corrected chi connectivity index (χ1v) is 7.68. The van der Waals surface area contributed by atoms with Crippen molar-refractivity contribution in [3.8, 4) is 5.75 Å². The van der Waals surface area contributed by atoms with Crippen LogP contribution in [-0.2, 0) is 4.79 Å². The molecule has 20 heavy (non-hydrogen) atoms. The Hall–Kier alpha value is -1.57. The quantitative estimate of drug-likeness (QED) is 0.820. The van der Waals surface area contributed by atoms with E-state index in [1.807, 2.05) is 18.2 Å². The number of carbonyl (C=O) groups excluding carboxylic acids is 1. The van der Waals surface area contributed by atoms with E-state index in [0.29, 0.717) is 18.1 Å². The van der Waals surface area contributed by atoms with Crippen molar-refractivity contribution in [3.63, 3.8) is 0 Å². The van der Waals surface area contributed by atoms with Crippen LogP contribution in [0.3, 0.4) is 0 Å². The van der Waals surface area contributed by atoms with E-state index in [2.05, 4.69) is 19.1 Å². The molecule has 0 saturated heterocycles. The molecule has 0 radical (unpaired) electrons. The second kappa shape index (κ2) is 5.82. The van der Waals surface area contributed by atoms with Gasteiger partial charge >= 0.3 is 0 Å². The minimum absolute atomic E-state index is 0.327. The molecule has 1 heterocycles. The van der Waals surface area contributed by atoms with Crippen molar-refractivity contribution in [1.82, 2.24) is 0 Å². The Morgan fingerprint density at radius 2 is 2.15 bits per heavy atom. The highest BCUT2D eigenvalue weighted by atomic mass is 16.5. The molecule has 0 aromatic heterocycles. The molecule has 1 aromatic rings. The first-order valence-electron chi connectivity index (χ1n) is 7.68. The molecule has 0 spiro atoms. The molecular weight excluding hydrogens is 248 g/mol. The van der Waals surface area contributed by atoms with E-state index >= 15 is 0 Å². The smallest absolute Gasteiger partial charge is 0.159 e. The molecule has 0 bridgehead atoms. The van der Waals surface area contributed by atoms with Crippen molar-refractivity contribution in [2.24, 2.45) is 5.92 Å². The molecule has 0 fully saturated rings. The molecule has 2 atom stereocenters. The second-order valence-electron chi connectivity index (χ2n) is 6.11. The molecule has 2 heteroatoms. The third kappa shape index (κ3) is 2.79. The lowest BCUT2D eigenvalue weighted by atomic mass is 9.83. The summed E-state index contributed by atoms with van der Waals surface area (Å²) in [6.45, 7) is 2.98. The highest BCUT2D eigenvalue weighted by Gasteiger charge is 2.25. The summed E-state index contributed by atoms with van der Waals surface area (Å²) in [5.74, 6) is 2.37.